The SMILES string of the molecule is CN(Cc1ccc(OC(F)F)cc1)C(=O)/C=C/c1c(Cl)nc2ccccn12. The number of hydrogen-bond donors (Lipinski definition) is 0. The Morgan fingerprint density at radius 2 is 2.04 bits per heavy atom. The van der Waals surface area contributed by atoms with Crippen LogP contribution in [0.3, 0.4) is 0 Å². The maximum absolute atomic E-state index is 12.3. The van der Waals surface area contributed by atoms with Crippen molar-refractivity contribution >= 4 is 29.2 Å². The molecule has 2 heterocycles. The average molecular weight is 392 g/mol. The lowest BCUT2D eigenvalue weighted by atomic mass is 10.2. The van der Waals surface area contributed by atoms with E-state index in [1.54, 1.807) is 29.7 Å². The zero-order chi connectivity index (χ0) is 19.4. The molecule has 3 rings (SSSR count). The third-order valence-corrected chi connectivity index (χ3v) is 4.13. The fourth-order valence-corrected chi connectivity index (χ4v) is 2.78. The number of ether oxygens (including phenoxy) is 1. The van der Waals surface area contributed by atoms with E-state index in [9.17, 15) is 13.6 Å². The smallest absolute Gasteiger partial charge is 0.387 e. The highest BCUT2D eigenvalue weighted by molar-refractivity contribution is 6.31. The van der Waals surface area contributed by atoms with Gasteiger partial charge in [0.1, 0.15) is 11.4 Å². The van der Waals surface area contributed by atoms with Crippen LogP contribution in [0.2, 0.25) is 5.15 Å². The molecule has 3 aromatic rings. The van der Waals surface area contributed by atoms with Gasteiger partial charge in [-0.25, -0.2) is 4.98 Å². The van der Waals surface area contributed by atoms with E-state index in [2.05, 4.69) is 9.72 Å². The molecule has 0 radical (unpaired) electrons. The van der Waals surface area contributed by atoms with Crippen molar-refractivity contribution in [2.45, 2.75) is 13.2 Å². The molecule has 0 aliphatic rings. The molecule has 0 spiro atoms. The molecule has 0 saturated heterocycles. The van der Waals surface area contributed by atoms with E-state index in [0.29, 0.717) is 23.0 Å². The van der Waals surface area contributed by atoms with Gasteiger partial charge in [0.15, 0.2) is 5.15 Å². The molecule has 0 unspecified atom stereocenters. The van der Waals surface area contributed by atoms with Gasteiger partial charge in [0.2, 0.25) is 5.91 Å². The number of rotatable bonds is 6. The van der Waals surface area contributed by atoms with Gasteiger partial charge in [-0.3, -0.25) is 9.20 Å². The molecule has 0 aliphatic heterocycles. The fraction of sp³-hybridized carbons (Fsp3) is 0.158. The van der Waals surface area contributed by atoms with Gasteiger partial charge >= 0.3 is 6.61 Å². The summed E-state index contributed by atoms with van der Waals surface area (Å²) in [5, 5.41) is 0.308. The lowest BCUT2D eigenvalue weighted by Crippen LogP contribution is -2.24. The van der Waals surface area contributed by atoms with Crippen LogP contribution in [0.25, 0.3) is 11.7 Å². The molecule has 0 atom stereocenters. The molecule has 0 N–H and O–H groups in total. The molecule has 1 aromatic carbocycles. The maximum atomic E-state index is 12.3. The Kier molecular flexibility index (Phi) is 5.71. The Morgan fingerprint density at radius 1 is 1.30 bits per heavy atom. The number of hydrogen-bond acceptors (Lipinski definition) is 3. The summed E-state index contributed by atoms with van der Waals surface area (Å²) >= 11 is 6.14. The topological polar surface area (TPSA) is 46.8 Å². The molecular weight excluding hydrogens is 376 g/mol. The molecule has 140 valence electrons. The number of aromatic nitrogens is 2. The van der Waals surface area contributed by atoms with Crippen molar-refractivity contribution in [2.75, 3.05) is 7.05 Å². The second-order valence-electron chi connectivity index (χ2n) is 5.77. The first kappa shape index (κ1) is 18.8. The number of halogens is 3. The predicted molar refractivity (Wildman–Crippen MR) is 98.8 cm³/mol. The standard InChI is InChI=1S/C19H16ClF2N3O2/c1-24(12-13-5-7-14(8-6-13)27-19(21)22)17(26)10-9-15-18(20)23-16-4-2-3-11-25(15)16/h2-11,19H,12H2,1H3/b10-9+. The summed E-state index contributed by atoms with van der Waals surface area (Å²) in [5.74, 6) is -0.158. The van der Waals surface area contributed by atoms with Crippen molar-refractivity contribution in [3.05, 3.63) is 71.1 Å². The van der Waals surface area contributed by atoms with Gasteiger partial charge in [-0.2, -0.15) is 8.78 Å². The van der Waals surface area contributed by atoms with Gasteiger partial charge in [-0.15, -0.1) is 0 Å². The van der Waals surface area contributed by atoms with E-state index in [4.69, 9.17) is 11.6 Å². The maximum Gasteiger partial charge on any atom is 0.387 e. The minimum Gasteiger partial charge on any atom is -0.435 e. The Balaban J connectivity index is 1.66. The lowest BCUT2D eigenvalue weighted by molar-refractivity contribution is -0.125. The first-order valence-electron chi connectivity index (χ1n) is 8.03. The van der Waals surface area contributed by atoms with Crippen molar-refractivity contribution in [3.8, 4) is 5.75 Å². The molecule has 5 nitrogen and oxygen atoms in total. The molecule has 1 amide bonds. The molecule has 8 heteroatoms. The third kappa shape index (κ3) is 4.62. The molecule has 2 aromatic heterocycles. The summed E-state index contributed by atoms with van der Waals surface area (Å²) < 4.78 is 30.4. The van der Waals surface area contributed by atoms with Crippen LogP contribution in [0.4, 0.5) is 8.78 Å². The average Bonchev–Trinajstić information content (AvgIpc) is 2.96. The number of pyridine rings is 1. The van der Waals surface area contributed by atoms with Crippen molar-refractivity contribution in [1.29, 1.82) is 0 Å². The molecular formula is C19H16ClF2N3O2. The normalized spacial score (nSPS) is 11.4. The van der Waals surface area contributed by atoms with E-state index < -0.39 is 6.61 Å². The van der Waals surface area contributed by atoms with Crippen molar-refractivity contribution in [1.82, 2.24) is 14.3 Å². The largest absolute Gasteiger partial charge is 0.435 e. The Labute approximate surface area is 159 Å². The number of imidazole rings is 1. The molecule has 0 fully saturated rings. The number of fused-ring (bicyclic) bond motifs is 1. The number of carbonyl (C=O) groups is 1. The van der Waals surface area contributed by atoms with Crippen LogP contribution in [0.15, 0.2) is 54.7 Å². The van der Waals surface area contributed by atoms with E-state index in [0.717, 1.165) is 5.56 Å². The fourth-order valence-electron chi connectivity index (χ4n) is 2.54. The highest BCUT2D eigenvalue weighted by atomic mass is 35.5. The van der Waals surface area contributed by atoms with Gasteiger partial charge in [0.05, 0.1) is 5.69 Å². The third-order valence-electron chi connectivity index (χ3n) is 3.85. The summed E-state index contributed by atoms with van der Waals surface area (Å²) in [6.45, 7) is -2.55. The summed E-state index contributed by atoms with van der Waals surface area (Å²) in [6.07, 6.45) is 4.84. The van der Waals surface area contributed by atoms with E-state index in [1.807, 2.05) is 24.4 Å². The summed E-state index contributed by atoms with van der Waals surface area (Å²) in [4.78, 5) is 18.1. The number of nitrogens with zero attached hydrogens (tertiary/aromatic N) is 3. The minimum absolute atomic E-state index is 0.0740. The van der Waals surface area contributed by atoms with Crippen LogP contribution < -0.4 is 4.74 Å². The van der Waals surface area contributed by atoms with Crippen molar-refractivity contribution in [2.24, 2.45) is 0 Å². The predicted octanol–water partition coefficient (Wildman–Crippen LogP) is 4.26. The van der Waals surface area contributed by atoms with Gasteiger partial charge in [-0.1, -0.05) is 29.8 Å². The second-order valence-corrected chi connectivity index (χ2v) is 6.12. The number of alkyl halides is 2. The van der Waals surface area contributed by atoms with Crippen molar-refractivity contribution in [3.63, 3.8) is 0 Å². The first-order chi connectivity index (χ1) is 12.9. The van der Waals surface area contributed by atoms with Crippen LogP contribution in [0.1, 0.15) is 11.3 Å². The molecule has 27 heavy (non-hydrogen) atoms. The first-order valence-corrected chi connectivity index (χ1v) is 8.41. The monoisotopic (exact) mass is 391 g/mol. The Bertz CT molecular complexity index is 971. The lowest BCUT2D eigenvalue weighted by Gasteiger charge is -2.15. The van der Waals surface area contributed by atoms with E-state index in [-0.39, 0.29) is 11.7 Å². The molecule has 0 saturated carbocycles. The van der Waals surface area contributed by atoms with Gasteiger partial charge in [-0.05, 0) is 35.9 Å². The van der Waals surface area contributed by atoms with Gasteiger partial charge < -0.3 is 9.64 Å². The van der Waals surface area contributed by atoms with E-state index in [1.165, 1.54) is 23.1 Å². The Hall–Kier alpha value is -2.93. The van der Waals surface area contributed by atoms with Gasteiger partial charge in [0, 0.05) is 25.9 Å². The number of benzene rings is 1. The number of likely N-dealkylation sites (N-methyl/N-ethyl adjacent to an activating group) is 1. The van der Waals surface area contributed by atoms with Crippen LogP contribution >= 0.6 is 11.6 Å². The quantitative estimate of drug-likeness (QED) is 0.590. The minimum atomic E-state index is -2.86. The van der Waals surface area contributed by atoms with E-state index >= 15 is 0 Å². The van der Waals surface area contributed by atoms with Crippen molar-refractivity contribution < 1.29 is 18.3 Å². The Morgan fingerprint density at radius 3 is 2.74 bits per heavy atom. The summed E-state index contributed by atoms with van der Waals surface area (Å²) in [5.41, 5.74) is 2.09. The number of carbonyl (C=O) groups excluding carboxylic acids is 1. The summed E-state index contributed by atoms with van der Waals surface area (Å²) in [6, 6.07) is 11.7. The van der Waals surface area contributed by atoms with Gasteiger partial charge in [0.25, 0.3) is 0 Å². The zero-order valence-corrected chi connectivity index (χ0v) is 15.1. The van der Waals surface area contributed by atoms with Crippen LogP contribution in [0.5, 0.6) is 5.75 Å². The van der Waals surface area contributed by atoms with Crippen LogP contribution in [0, 0.1) is 0 Å². The van der Waals surface area contributed by atoms with Crippen LogP contribution in [-0.4, -0.2) is 33.9 Å². The highest BCUT2D eigenvalue weighted by Gasteiger charge is 2.10. The molecule has 0 bridgehead atoms. The molecule has 0 aliphatic carbocycles. The second kappa shape index (κ2) is 8.18. The highest BCUT2D eigenvalue weighted by Crippen LogP contribution is 2.19. The summed E-state index contributed by atoms with van der Waals surface area (Å²) in [7, 11) is 1.65. The number of amides is 1. The van der Waals surface area contributed by atoms with Crippen LogP contribution in [-0.2, 0) is 11.3 Å². The zero-order valence-electron chi connectivity index (χ0n) is 14.3.